The molecule has 1 unspecified atom stereocenters. The molecule has 0 radical (unpaired) electrons. The number of rotatable bonds is 7. The number of Topliss-reactive ketones (excluding diaryl/α,β-unsaturated/α-hetero) is 1. The fourth-order valence-electron chi connectivity index (χ4n) is 4.67. The molecule has 1 saturated heterocycles. The molecular weight excluding hydrogens is 490 g/mol. The monoisotopic (exact) mass is 517 g/mol. The van der Waals surface area contributed by atoms with Gasteiger partial charge in [-0.15, -0.1) is 0 Å². The van der Waals surface area contributed by atoms with E-state index >= 15 is 0 Å². The van der Waals surface area contributed by atoms with Gasteiger partial charge in [0.1, 0.15) is 24.7 Å². The van der Waals surface area contributed by atoms with Crippen LogP contribution >= 0.6 is 0 Å². The first-order chi connectivity index (χ1) is 18.5. The molecule has 2 aliphatic rings. The molecule has 0 spiro atoms. The third-order valence-electron chi connectivity index (χ3n) is 6.39. The van der Waals surface area contributed by atoms with Crippen molar-refractivity contribution in [2.45, 2.75) is 13.0 Å². The van der Waals surface area contributed by atoms with Crippen molar-refractivity contribution >= 4 is 23.1 Å². The summed E-state index contributed by atoms with van der Waals surface area (Å²) >= 11 is 0. The highest BCUT2D eigenvalue weighted by Crippen LogP contribution is 2.45. The van der Waals surface area contributed by atoms with Crippen LogP contribution in [0.2, 0.25) is 0 Å². The molecule has 1 amide bonds. The molecule has 9 nitrogen and oxygen atoms in total. The van der Waals surface area contributed by atoms with Gasteiger partial charge in [-0.05, 0) is 55.0 Å². The van der Waals surface area contributed by atoms with Crippen molar-refractivity contribution in [3.05, 3.63) is 77.4 Å². The zero-order valence-electron chi connectivity index (χ0n) is 21.2. The average Bonchev–Trinajstić information content (AvgIpc) is 3.22. The van der Waals surface area contributed by atoms with E-state index in [1.54, 1.807) is 60.7 Å². The number of carbonyl (C=O) groups is 2. The number of hydrogen-bond donors (Lipinski definition) is 1. The van der Waals surface area contributed by atoms with Gasteiger partial charge in [0.15, 0.2) is 23.0 Å². The Hall–Kier alpha value is -4.66. The van der Waals surface area contributed by atoms with E-state index in [9.17, 15) is 14.7 Å². The van der Waals surface area contributed by atoms with Crippen LogP contribution in [0.1, 0.15) is 24.1 Å². The highest BCUT2D eigenvalue weighted by Gasteiger charge is 2.47. The first-order valence-corrected chi connectivity index (χ1v) is 12.1. The molecule has 3 aromatic carbocycles. The minimum absolute atomic E-state index is 0.0688. The van der Waals surface area contributed by atoms with E-state index < -0.39 is 17.7 Å². The number of benzene rings is 3. The molecular formula is C29H27NO8. The lowest BCUT2D eigenvalue weighted by Crippen LogP contribution is -2.29. The molecule has 3 aromatic rings. The molecule has 196 valence electrons. The van der Waals surface area contributed by atoms with Crippen LogP contribution < -0.4 is 28.6 Å². The second kappa shape index (κ2) is 10.4. The minimum Gasteiger partial charge on any atom is -0.507 e. The Labute approximate surface area is 219 Å². The predicted octanol–water partition coefficient (Wildman–Crippen LogP) is 4.50. The SMILES string of the molecule is CCOc1cccc(N2C(=O)C(=O)/C(=C(/O)c3ccc4c(c3)OCCO4)C2c2ccc(OC)c(OC)c2)c1. The van der Waals surface area contributed by atoms with Gasteiger partial charge in [0, 0.05) is 17.3 Å². The second-order valence-corrected chi connectivity index (χ2v) is 8.57. The van der Waals surface area contributed by atoms with Crippen LogP contribution in [0.4, 0.5) is 5.69 Å². The summed E-state index contributed by atoms with van der Waals surface area (Å²) in [5.41, 5.74) is 1.24. The average molecular weight is 518 g/mol. The number of carbonyl (C=O) groups excluding carboxylic acids is 2. The molecule has 2 aliphatic heterocycles. The van der Waals surface area contributed by atoms with Gasteiger partial charge in [-0.3, -0.25) is 14.5 Å². The van der Waals surface area contributed by atoms with E-state index in [-0.39, 0.29) is 11.3 Å². The van der Waals surface area contributed by atoms with Crippen LogP contribution in [0.15, 0.2) is 66.2 Å². The zero-order chi connectivity index (χ0) is 26.8. The minimum atomic E-state index is -0.958. The molecule has 9 heteroatoms. The fraction of sp³-hybridized carbons (Fsp3) is 0.241. The summed E-state index contributed by atoms with van der Waals surface area (Å²) in [5.74, 6) is 0.500. The third kappa shape index (κ3) is 4.36. The van der Waals surface area contributed by atoms with Gasteiger partial charge in [0.05, 0.1) is 32.4 Å². The van der Waals surface area contributed by atoms with Gasteiger partial charge in [0.2, 0.25) is 0 Å². The fourth-order valence-corrected chi connectivity index (χ4v) is 4.67. The number of hydrogen-bond acceptors (Lipinski definition) is 8. The maximum Gasteiger partial charge on any atom is 0.300 e. The Morgan fingerprint density at radius 1 is 0.947 bits per heavy atom. The molecule has 38 heavy (non-hydrogen) atoms. The first-order valence-electron chi connectivity index (χ1n) is 12.1. The maximum atomic E-state index is 13.5. The summed E-state index contributed by atoms with van der Waals surface area (Å²) in [6.45, 7) is 3.08. The number of aliphatic hydroxyl groups excluding tert-OH is 1. The summed E-state index contributed by atoms with van der Waals surface area (Å²) in [5, 5.41) is 11.5. The molecule has 0 saturated carbocycles. The number of methoxy groups -OCH3 is 2. The van der Waals surface area contributed by atoms with Crippen molar-refractivity contribution in [2.75, 3.05) is 38.9 Å². The second-order valence-electron chi connectivity index (χ2n) is 8.57. The Morgan fingerprint density at radius 2 is 1.71 bits per heavy atom. The van der Waals surface area contributed by atoms with Gasteiger partial charge in [-0.2, -0.15) is 0 Å². The molecule has 1 fully saturated rings. The molecule has 5 rings (SSSR count). The Morgan fingerprint density at radius 3 is 2.45 bits per heavy atom. The largest absolute Gasteiger partial charge is 0.507 e. The summed E-state index contributed by atoms with van der Waals surface area (Å²) in [4.78, 5) is 28.4. The van der Waals surface area contributed by atoms with E-state index in [2.05, 4.69) is 0 Å². The number of ether oxygens (including phenoxy) is 5. The number of amides is 1. The van der Waals surface area contributed by atoms with Gasteiger partial charge >= 0.3 is 0 Å². The van der Waals surface area contributed by atoms with Crippen LogP contribution in [-0.2, 0) is 9.59 Å². The zero-order valence-corrected chi connectivity index (χ0v) is 21.2. The van der Waals surface area contributed by atoms with Gasteiger partial charge in [-0.25, -0.2) is 0 Å². The maximum absolute atomic E-state index is 13.5. The third-order valence-corrected chi connectivity index (χ3v) is 6.39. The van der Waals surface area contributed by atoms with E-state index in [0.29, 0.717) is 65.4 Å². The summed E-state index contributed by atoms with van der Waals surface area (Å²) in [6.07, 6.45) is 0. The van der Waals surface area contributed by atoms with Crippen LogP contribution in [0, 0.1) is 0 Å². The van der Waals surface area contributed by atoms with Crippen molar-refractivity contribution in [1.29, 1.82) is 0 Å². The molecule has 1 N–H and O–H groups in total. The van der Waals surface area contributed by atoms with Crippen LogP contribution in [0.5, 0.6) is 28.7 Å². The Balaban J connectivity index is 1.70. The standard InChI is InChI=1S/C29H27NO8/c1-4-36-20-7-5-6-19(16-20)30-26(17-8-10-21(34-2)23(14-17)35-3)25(28(32)29(30)33)27(31)18-9-11-22-24(15-18)38-13-12-37-22/h5-11,14-16,26,31H,4,12-13H2,1-3H3/b27-25+. The van der Waals surface area contributed by atoms with Gasteiger partial charge in [-0.1, -0.05) is 12.1 Å². The normalized spacial score (nSPS) is 17.9. The van der Waals surface area contributed by atoms with Crippen LogP contribution in [-0.4, -0.2) is 50.8 Å². The van der Waals surface area contributed by atoms with Crippen molar-refractivity contribution in [3.8, 4) is 28.7 Å². The molecule has 2 heterocycles. The number of anilines is 1. The van der Waals surface area contributed by atoms with Crippen LogP contribution in [0.25, 0.3) is 5.76 Å². The summed E-state index contributed by atoms with van der Waals surface area (Å²) in [7, 11) is 3.02. The van der Waals surface area contributed by atoms with Gasteiger partial charge in [0.25, 0.3) is 11.7 Å². The number of nitrogens with zero attached hydrogens (tertiary/aromatic N) is 1. The molecule has 0 aliphatic carbocycles. The topological polar surface area (TPSA) is 104 Å². The summed E-state index contributed by atoms with van der Waals surface area (Å²) < 4.78 is 27.7. The molecule has 1 atom stereocenters. The number of ketones is 1. The number of aliphatic hydroxyl groups is 1. The molecule has 0 bridgehead atoms. The highest BCUT2D eigenvalue weighted by molar-refractivity contribution is 6.51. The van der Waals surface area contributed by atoms with Crippen molar-refractivity contribution in [2.24, 2.45) is 0 Å². The highest BCUT2D eigenvalue weighted by atomic mass is 16.6. The van der Waals surface area contributed by atoms with Crippen molar-refractivity contribution < 1.29 is 38.4 Å². The Bertz CT molecular complexity index is 1430. The quantitative estimate of drug-likeness (QED) is 0.278. The van der Waals surface area contributed by atoms with E-state index in [0.717, 1.165) is 0 Å². The summed E-state index contributed by atoms with van der Waals surface area (Å²) in [6, 6.07) is 15.9. The van der Waals surface area contributed by atoms with Crippen molar-refractivity contribution in [1.82, 2.24) is 0 Å². The van der Waals surface area contributed by atoms with E-state index in [4.69, 9.17) is 23.7 Å². The number of fused-ring (bicyclic) bond motifs is 1. The molecule has 0 aromatic heterocycles. The lowest BCUT2D eigenvalue weighted by molar-refractivity contribution is -0.132. The smallest absolute Gasteiger partial charge is 0.300 e. The predicted molar refractivity (Wildman–Crippen MR) is 139 cm³/mol. The lowest BCUT2D eigenvalue weighted by Gasteiger charge is -2.26. The van der Waals surface area contributed by atoms with Crippen LogP contribution in [0.3, 0.4) is 0 Å². The van der Waals surface area contributed by atoms with Gasteiger partial charge < -0.3 is 28.8 Å². The first kappa shape index (κ1) is 25.0. The van der Waals surface area contributed by atoms with Crippen molar-refractivity contribution in [3.63, 3.8) is 0 Å². The van der Waals surface area contributed by atoms with E-state index in [1.807, 2.05) is 6.92 Å². The van der Waals surface area contributed by atoms with E-state index in [1.165, 1.54) is 19.1 Å². The lowest BCUT2D eigenvalue weighted by atomic mass is 9.94. The Kier molecular flexibility index (Phi) is 6.83.